The van der Waals surface area contributed by atoms with E-state index in [1.807, 2.05) is 0 Å². The van der Waals surface area contributed by atoms with Crippen LogP contribution < -0.4 is 24.3 Å². The minimum absolute atomic E-state index is 0. The molecule has 0 saturated heterocycles. The molecule has 1 aromatic heterocycles. The fourth-order valence-electron chi connectivity index (χ4n) is 1.35. The number of nitrogens with zero attached hydrogens (tertiary/aromatic N) is 3. The van der Waals surface area contributed by atoms with E-state index in [4.69, 9.17) is 0 Å². The molecule has 5 nitrogen and oxygen atoms in total. The van der Waals surface area contributed by atoms with E-state index in [0.29, 0.717) is 5.45 Å². The third-order valence-corrected chi connectivity index (χ3v) is 10.7. The van der Waals surface area contributed by atoms with Gasteiger partial charge in [0.05, 0.1) is 0 Å². The van der Waals surface area contributed by atoms with Gasteiger partial charge in [-0.1, -0.05) is 45.1 Å². The van der Waals surface area contributed by atoms with Crippen molar-refractivity contribution in [2.75, 3.05) is 14.1 Å². The van der Waals surface area contributed by atoms with Crippen LogP contribution in [0.15, 0.2) is 6.20 Å². The van der Waals surface area contributed by atoms with Crippen LogP contribution >= 0.6 is 0 Å². The van der Waals surface area contributed by atoms with Crippen molar-refractivity contribution < 1.29 is 27.3 Å². The summed E-state index contributed by atoms with van der Waals surface area (Å²) in [5, 5.41) is 0.0196. The zero-order valence-corrected chi connectivity index (χ0v) is 15.0. The number of rotatable bonds is 3. The van der Waals surface area contributed by atoms with Crippen LogP contribution in [0.1, 0.15) is 20.8 Å². The Balaban J connectivity index is 0.00000324. The molecular formula is C11H22LiN3O2SSi. The summed E-state index contributed by atoms with van der Waals surface area (Å²) in [5.74, 6) is 0. The molecule has 19 heavy (non-hydrogen) atoms. The van der Waals surface area contributed by atoms with E-state index in [1.54, 1.807) is 0 Å². The third kappa shape index (κ3) is 3.34. The summed E-state index contributed by atoms with van der Waals surface area (Å²) in [4.78, 5) is 4.27. The van der Waals surface area contributed by atoms with Crippen molar-refractivity contribution in [3.63, 3.8) is 0 Å². The van der Waals surface area contributed by atoms with Crippen molar-refractivity contribution in [1.29, 1.82) is 0 Å². The van der Waals surface area contributed by atoms with Crippen molar-refractivity contribution >= 4 is 23.7 Å². The quantitative estimate of drug-likeness (QED) is 0.481. The molecule has 0 saturated carbocycles. The molecule has 0 aliphatic rings. The fraction of sp³-hybridized carbons (Fsp3) is 0.727. The molecule has 0 spiro atoms. The second kappa shape index (κ2) is 5.74. The molecule has 0 unspecified atom stereocenters. The zero-order valence-electron chi connectivity index (χ0n) is 13.1. The van der Waals surface area contributed by atoms with Gasteiger partial charge >= 0.3 is 18.9 Å². The van der Waals surface area contributed by atoms with Crippen molar-refractivity contribution in [3.05, 3.63) is 12.4 Å². The Bertz CT molecular complexity index is 532. The molecule has 0 bridgehead atoms. The summed E-state index contributed by atoms with van der Waals surface area (Å²) in [7, 11) is -2.53. The molecule has 0 aliphatic heterocycles. The van der Waals surface area contributed by atoms with E-state index in [2.05, 4.69) is 45.0 Å². The largest absolute Gasteiger partial charge is 1.00 e. The molecule has 0 atom stereocenters. The minimum Gasteiger partial charge on any atom is -0.385 e. The number of hydrogen-bond donors (Lipinski definition) is 0. The third-order valence-electron chi connectivity index (χ3n) is 3.68. The van der Waals surface area contributed by atoms with Crippen LogP contribution in [-0.2, 0) is 10.2 Å². The summed E-state index contributed by atoms with van der Waals surface area (Å²) in [5.41, 5.74) is 0.642. The minimum atomic E-state index is -3.54. The molecular weight excluding hydrogens is 273 g/mol. The van der Waals surface area contributed by atoms with Crippen molar-refractivity contribution in [1.82, 2.24) is 13.3 Å². The summed E-state index contributed by atoms with van der Waals surface area (Å²) < 4.78 is 26.8. The Morgan fingerprint density at radius 2 is 1.79 bits per heavy atom. The first-order chi connectivity index (χ1) is 7.92. The van der Waals surface area contributed by atoms with Gasteiger partial charge in [-0.25, -0.2) is 0 Å². The molecule has 0 aromatic carbocycles. The summed E-state index contributed by atoms with van der Waals surface area (Å²) in [6.07, 6.45) is 4.16. The molecule has 0 fully saturated rings. The molecule has 104 valence electrons. The molecule has 0 N–H and O–H groups in total. The first-order valence-corrected chi connectivity index (χ1v) is 10.2. The van der Waals surface area contributed by atoms with E-state index < -0.39 is 18.3 Å². The van der Waals surface area contributed by atoms with Crippen LogP contribution in [0.25, 0.3) is 0 Å². The Kier molecular flexibility index (Phi) is 5.72. The van der Waals surface area contributed by atoms with Crippen LogP contribution in [0, 0.1) is 6.20 Å². The molecule has 0 amide bonds. The van der Waals surface area contributed by atoms with Crippen molar-refractivity contribution in [2.24, 2.45) is 0 Å². The molecule has 0 aliphatic carbocycles. The van der Waals surface area contributed by atoms with E-state index in [1.165, 1.54) is 28.6 Å². The van der Waals surface area contributed by atoms with Crippen molar-refractivity contribution in [2.45, 2.75) is 38.9 Å². The SMILES string of the molecule is CN(C)S(=O)(=O)n1[c-]cnc1[Si](C)(C)C(C)(C)C.[Li+]. The number of aromatic nitrogens is 2. The van der Waals surface area contributed by atoms with Gasteiger partial charge in [-0.2, -0.15) is 12.7 Å². The Morgan fingerprint density at radius 1 is 1.32 bits per heavy atom. The number of imidazole rings is 1. The normalized spacial score (nSPS) is 13.5. The predicted octanol–water partition coefficient (Wildman–Crippen LogP) is -1.94. The fourth-order valence-corrected chi connectivity index (χ4v) is 4.78. The van der Waals surface area contributed by atoms with E-state index in [9.17, 15) is 8.42 Å². The Hall–Kier alpha value is -0.0657. The van der Waals surface area contributed by atoms with E-state index >= 15 is 0 Å². The second-order valence-corrected chi connectivity index (χ2v) is 13.3. The molecule has 1 aromatic rings. The van der Waals surface area contributed by atoms with Gasteiger partial charge in [-0.3, -0.25) is 0 Å². The van der Waals surface area contributed by atoms with Crippen LogP contribution in [-0.4, -0.2) is 43.8 Å². The Labute approximate surface area is 129 Å². The molecule has 8 heteroatoms. The van der Waals surface area contributed by atoms with Gasteiger partial charge in [0.25, 0.3) is 10.2 Å². The molecule has 1 heterocycles. The maximum absolute atomic E-state index is 12.2. The first kappa shape index (κ1) is 18.9. The monoisotopic (exact) mass is 295 g/mol. The molecule has 1 rings (SSSR count). The first-order valence-electron chi connectivity index (χ1n) is 5.81. The van der Waals surface area contributed by atoms with Gasteiger partial charge in [-0.15, -0.1) is 6.20 Å². The van der Waals surface area contributed by atoms with Gasteiger partial charge in [0.2, 0.25) is 0 Å². The van der Waals surface area contributed by atoms with Gasteiger partial charge in [0, 0.05) is 22.2 Å². The predicted molar refractivity (Wildman–Crippen MR) is 75.9 cm³/mol. The number of hydrogen-bond acceptors (Lipinski definition) is 3. The maximum Gasteiger partial charge on any atom is 1.00 e. The summed E-state index contributed by atoms with van der Waals surface area (Å²) >= 11 is 0. The summed E-state index contributed by atoms with van der Waals surface area (Å²) in [6, 6.07) is 0. The summed E-state index contributed by atoms with van der Waals surface area (Å²) in [6.45, 7) is 10.6. The standard InChI is InChI=1S/C11H22N3O2SSi.Li/c1-11(2,3)18(6,7)10-12-8-9-14(10)17(15,16)13(4)5;/h8H,1-7H3;/q-1;+1. The van der Waals surface area contributed by atoms with E-state index in [-0.39, 0.29) is 23.9 Å². The van der Waals surface area contributed by atoms with Crippen molar-refractivity contribution in [3.8, 4) is 0 Å². The van der Waals surface area contributed by atoms with Crippen LogP contribution in [0.4, 0.5) is 0 Å². The topological polar surface area (TPSA) is 55.2 Å². The zero-order chi connectivity index (χ0) is 14.4. The van der Waals surface area contributed by atoms with Gasteiger partial charge < -0.3 is 8.96 Å². The van der Waals surface area contributed by atoms with Crippen LogP contribution in [0.2, 0.25) is 18.1 Å². The average molecular weight is 295 g/mol. The second-order valence-electron chi connectivity index (χ2n) is 6.14. The van der Waals surface area contributed by atoms with E-state index in [0.717, 1.165) is 0 Å². The molecule has 0 radical (unpaired) electrons. The van der Waals surface area contributed by atoms with Gasteiger partial charge in [0.15, 0.2) is 0 Å². The smallest absolute Gasteiger partial charge is 0.385 e. The van der Waals surface area contributed by atoms with Gasteiger partial charge in [-0.05, 0) is 5.45 Å². The Morgan fingerprint density at radius 3 is 2.16 bits per heavy atom. The van der Waals surface area contributed by atoms with Crippen LogP contribution in [0.5, 0.6) is 0 Å². The van der Waals surface area contributed by atoms with Gasteiger partial charge in [0.1, 0.15) is 0 Å². The van der Waals surface area contributed by atoms with Crippen LogP contribution in [0.3, 0.4) is 0 Å². The average Bonchev–Trinajstić information content (AvgIpc) is 2.64. The maximum atomic E-state index is 12.2.